The molecule has 0 aliphatic carbocycles. The molecule has 2 atom stereocenters. The number of piperidine rings is 1. The first-order valence-corrected chi connectivity index (χ1v) is 10.5. The molecule has 2 aliphatic rings. The lowest BCUT2D eigenvalue weighted by Gasteiger charge is -2.20. The van der Waals surface area contributed by atoms with E-state index in [1.54, 1.807) is 0 Å². The first-order chi connectivity index (χ1) is 13.8. The Morgan fingerprint density at radius 1 is 1.32 bits per heavy atom. The largest absolute Gasteiger partial charge is 0.370 e. The summed E-state index contributed by atoms with van der Waals surface area (Å²) in [7, 11) is 0. The Morgan fingerprint density at radius 3 is 3.00 bits per heavy atom. The van der Waals surface area contributed by atoms with Crippen molar-refractivity contribution in [1.29, 1.82) is 0 Å². The molecule has 0 amide bonds. The van der Waals surface area contributed by atoms with Crippen LogP contribution in [-0.4, -0.2) is 30.4 Å². The fraction of sp³-hybridized carbons (Fsp3) is 0.400. The zero-order valence-corrected chi connectivity index (χ0v) is 17.2. The van der Waals surface area contributed by atoms with Crippen LogP contribution in [-0.2, 0) is 0 Å². The summed E-state index contributed by atoms with van der Waals surface area (Å²) in [4.78, 5) is 6.92. The Bertz CT molecular complexity index is 755. The first-order valence-electron chi connectivity index (χ1n) is 10.5. The molecule has 1 saturated heterocycles. The number of hydrogen-bond donors (Lipinski definition) is 1. The van der Waals surface area contributed by atoms with E-state index < -0.39 is 0 Å². The smallest absolute Gasteiger partial charge is 0.0832 e. The molecular formula is C25H33N3. The van der Waals surface area contributed by atoms with Crippen LogP contribution in [0.25, 0.3) is 6.08 Å². The van der Waals surface area contributed by atoms with Gasteiger partial charge in [-0.3, -0.25) is 4.99 Å². The van der Waals surface area contributed by atoms with E-state index in [0.717, 1.165) is 19.4 Å². The monoisotopic (exact) mass is 375 g/mol. The maximum absolute atomic E-state index is 4.53. The molecule has 1 fully saturated rings. The molecule has 0 spiro atoms. The normalized spacial score (nSPS) is 20.6. The number of nitrogens with one attached hydrogen (secondary N) is 1. The molecule has 2 aliphatic heterocycles. The molecule has 3 rings (SSSR count). The highest BCUT2D eigenvalue weighted by Crippen LogP contribution is 2.37. The van der Waals surface area contributed by atoms with Gasteiger partial charge in [0.25, 0.3) is 0 Å². The van der Waals surface area contributed by atoms with E-state index >= 15 is 0 Å². The minimum atomic E-state index is 0.358. The van der Waals surface area contributed by atoms with E-state index in [0.29, 0.717) is 12.0 Å². The van der Waals surface area contributed by atoms with Crippen molar-refractivity contribution < 1.29 is 0 Å². The molecular weight excluding hydrogens is 342 g/mol. The Labute approximate surface area is 170 Å². The van der Waals surface area contributed by atoms with E-state index in [9.17, 15) is 0 Å². The van der Waals surface area contributed by atoms with Crippen LogP contribution < -0.4 is 5.32 Å². The summed E-state index contributed by atoms with van der Waals surface area (Å²) in [6.07, 6.45) is 20.1. The molecule has 1 N–H and O–H groups in total. The summed E-state index contributed by atoms with van der Waals surface area (Å²) in [5, 5.41) is 3.43. The molecule has 1 aromatic rings. The van der Waals surface area contributed by atoms with Gasteiger partial charge >= 0.3 is 0 Å². The predicted octanol–water partition coefficient (Wildman–Crippen LogP) is 5.56. The SMILES string of the molecule is CCC(/C=C\C1CCCN2C=C12)N/C=N\C/C(C)=C/C/C=C/c1ccccc1. The molecule has 3 heteroatoms. The fourth-order valence-corrected chi connectivity index (χ4v) is 3.48. The van der Waals surface area contributed by atoms with Crippen LogP contribution in [0.3, 0.4) is 0 Å². The molecule has 0 saturated carbocycles. The van der Waals surface area contributed by atoms with Crippen molar-refractivity contribution in [2.24, 2.45) is 10.9 Å². The van der Waals surface area contributed by atoms with Crippen molar-refractivity contribution in [3.8, 4) is 0 Å². The summed E-state index contributed by atoms with van der Waals surface area (Å²) >= 11 is 0. The Balaban J connectivity index is 1.35. The summed E-state index contributed by atoms with van der Waals surface area (Å²) in [5.41, 5.74) is 4.06. The molecule has 1 aromatic carbocycles. The molecule has 0 radical (unpaired) electrons. The summed E-state index contributed by atoms with van der Waals surface area (Å²) in [6, 6.07) is 10.8. The zero-order chi connectivity index (χ0) is 19.6. The van der Waals surface area contributed by atoms with Crippen LogP contribution in [0, 0.1) is 5.92 Å². The minimum absolute atomic E-state index is 0.358. The van der Waals surface area contributed by atoms with Crippen molar-refractivity contribution in [1.82, 2.24) is 10.2 Å². The second kappa shape index (κ2) is 10.7. The van der Waals surface area contributed by atoms with Crippen LogP contribution in [0.1, 0.15) is 45.1 Å². The van der Waals surface area contributed by atoms with Crippen molar-refractivity contribution in [3.05, 3.63) is 77.7 Å². The highest BCUT2D eigenvalue weighted by atomic mass is 15.2. The fourth-order valence-electron chi connectivity index (χ4n) is 3.48. The molecule has 148 valence electrons. The van der Waals surface area contributed by atoms with E-state index in [2.05, 4.69) is 89.9 Å². The molecule has 3 nitrogen and oxygen atoms in total. The average Bonchev–Trinajstić information content (AvgIpc) is 3.52. The minimum Gasteiger partial charge on any atom is -0.370 e. The number of hydrogen-bond acceptors (Lipinski definition) is 2. The molecule has 2 heterocycles. The first kappa shape index (κ1) is 20.2. The van der Waals surface area contributed by atoms with Gasteiger partial charge in [0.05, 0.1) is 12.9 Å². The summed E-state index contributed by atoms with van der Waals surface area (Å²) in [6.45, 7) is 6.32. The number of aliphatic imine (C=N–C) groups is 1. The number of nitrogens with zero attached hydrogens (tertiary/aromatic N) is 2. The summed E-state index contributed by atoms with van der Waals surface area (Å²) in [5.74, 6) is 0.621. The quantitative estimate of drug-likeness (QED) is 0.329. The van der Waals surface area contributed by atoms with Gasteiger partial charge < -0.3 is 10.2 Å². The van der Waals surface area contributed by atoms with Crippen LogP contribution in [0.15, 0.2) is 77.1 Å². The van der Waals surface area contributed by atoms with E-state index in [-0.39, 0.29) is 0 Å². The maximum atomic E-state index is 4.53. The second-order valence-electron chi connectivity index (χ2n) is 7.63. The Hall–Kier alpha value is -2.55. The average molecular weight is 376 g/mol. The number of allylic oxidation sites excluding steroid dienone is 3. The lowest BCUT2D eigenvalue weighted by atomic mass is 9.97. The topological polar surface area (TPSA) is 27.4 Å². The Kier molecular flexibility index (Phi) is 7.71. The highest BCUT2D eigenvalue weighted by molar-refractivity contribution is 5.55. The highest BCUT2D eigenvalue weighted by Gasteiger charge is 2.30. The third-order valence-corrected chi connectivity index (χ3v) is 5.29. The van der Waals surface area contributed by atoms with Gasteiger partial charge in [-0.2, -0.15) is 0 Å². The van der Waals surface area contributed by atoms with Crippen LogP contribution >= 0.6 is 0 Å². The van der Waals surface area contributed by atoms with Crippen molar-refractivity contribution in [2.75, 3.05) is 13.1 Å². The maximum Gasteiger partial charge on any atom is 0.0832 e. The number of benzene rings is 1. The standard InChI is InChI=1S/C25H33N3/c1-3-24(16-15-23-14-9-17-28-19-25(23)28)27-20-26-18-21(2)10-7-8-13-22-11-5-4-6-12-22/h4-6,8,10-13,15-16,19-20,23-24H,3,7,9,14,17-18H2,1-2H3,(H,26,27)/b13-8+,16-15-,21-10+. The molecule has 28 heavy (non-hydrogen) atoms. The van der Waals surface area contributed by atoms with Crippen molar-refractivity contribution in [3.63, 3.8) is 0 Å². The van der Waals surface area contributed by atoms with Gasteiger partial charge in [0.15, 0.2) is 0 Å². The van der Waals surface area contributed by atoms with Crippen LogP contribution in [0.5, 0.6) is 0 Å². The number of fused-ring (bicyclic) bond motifs is 1. The van der Waals surface area contributed by atoms with Gasteiger partial charge in [-0.1, -0.05) is 73.2 Å². The molecule has 0 aromatic heterocycles. The Morgan fingerprint density at radius 2 is 2.18 bits per heavy atom. The van der Waals surface area contributed by atoms with Gasteiger partial charge in [0, 0.05) is 30.4 Å². The summed E-state index contributed by atoms with van der Waals surface area (Å²) < 4.78 is 0. The third-order valence-electron chi connectivity index (χ3n) is 5.29. The van der Waals surface area contributed by atoms with Gasteiger partial charge in [0.1, 0.15) is 0 Å². The van der Waals surface area contributed by atoms with Gasteiger partial charge in [-0.05, 0) is 38.2 Å². The molecule has 2 unspecified atom stereocenters. The van der Waals surface area contributed by atoms with E-state index in [1.807, 2.05) is 12.4 Å². The van der Waals surface area contributed by atoms with Gasteiger partial charge in [0.2, 0.25) is 0 Å². The third kappa shape index (κ3) is 6.56. The van der Waals surface area contributed by atoms with Crippen LogP contribution in [0.2, 0.25) is 0 Å². The van der Waals surface area contributed by atoms with Crippen LogP contribution in [0.4, 0.5) is 0 Å². The molecule has 0 bridgehead atoms. The van der Waals surface area contributed by atoms with Crippen molar-refractivity contribution in [2.45, 2.75) is 45.6 Å². The number of rotatable bonds is 10. The zero-order valence-electron chi connectivity index (χ0n) is 17.2. The lowest BCUT2D eigenvalue weighted by Crippen LogP contribution is -2.25. The predicted molar refractivity (Wildman–Crippen MR) is 121 cm³/mol. The van der Waals surface area contributed by atoms with E-state index in [1.165, 1.54) is 36.2 Å². The van der Waals surface area contributed by atoms with Crippen molar-refractivity contribution >= 4 is 12.4 Å². The second-order valence-corrected chi connectivity index (χ2v) is 7.63. The van der Waals surface area contributed by atoms with E-state index in [4.69, 9.17) is 0 Å². The van der Waals surface area contributed by atoms with Gasteiger partial charge in [-0.15, -0.1) is 0 Å². The lowest BCUT2D eigenvalue weighted by molar-refractivity contribution is 0.424. The van der Waals surface area contributed by atoms with Gasteiger partial charge in [-0.25, -0.2) is 0 Å².